The summed E-state index contributed by atoms with van der Waals surface area (Å²) in [5.74, 6) is 4.81. The number of benzene rings is 1. The summed E-state index contributed by atoms with van der Waals surface area (Å²) in [6, 6.07) is 6.55. The molecule has 1 N–H and O–H groups in total. The molecule has 1 nitrogen and oxygen atoms in total. The summed E-state index contributed by atoms with van der Waals surface area (Å²) >= 11 is 12.2. The Labute approximate surface area is 124 Å². The van der Waals surface area contributed by atoms with Gasteiger partial charge in [-0.05, 0) is 73.6 Å². The van der Waals surface area contributed by atoms with Gasteiger partial charge in [-0.25, -0.2) is 0 Å². The third-order valence-corrected chi connectivity index (χ3v) is 6.53. The van der Waals surface area contributed by atoms with Crippen LogP contribution in [0.3, 0.4) is 0 Å². The fraction of sp³-hybridized carbons (Fsp3) is 0.625. The van der Waals surface area contributed by atoms with E-state index in [1.165, 1.54) is 24.8 Å². The highest BCUT2D eigenvalue weighted by atomic mass is 35.5. The van der Waals surface area contributed by atoms with Gasteiger partial charge in [-0.1, -0.05) is 29.3 Å². The molecule has 3 aliphatic rings. The van der Waals surface area contributed by atoms with Crippen molar-refractivity contribution in [3.63, 3.8) is 0 Å². The molecule has 0 saturated heterocycles. The summed E-state index contributed by atoms with van der Waals surface area (Å²) in [4.78, 5) is 0. The first kappa shape index (κ1) is 12.5. The zero-order valence-electron chi connectivity index (χ0n) is 11.1. The van der Waals surface area contributed by atoms with Crippen molar-refractivity contribution in [3.8, 4) is 0 Å². The van der Waals surface area contributed by atoms with Crippen molar-refractivity contribution in [1.82, 2.24) is 5.32 Å². The van der Waals surface area contributed by atoms with E-state index in [2.05, 4.69) is 18.4 Å². The minimum Gasteiger partial charge on any atom is -0.313 e. The number of hydrogen-bond acceptors (Lipinski definition) is 1. The Bertz CT molecular complexity index is 499. The van der Waals surface area contributed by atoms with E-state index in [-0.39, 0.29) is 0 Å². The van der Waals surface area contributed by atoms with Crippen LogP contribution >= 0.6 is 23.2 Å². The summed E-state index contributed by atoms with van der Waals surface area (Å²) in [7, 11) is 2.07. The quantitative estimate of drug-likeness (QED) is 0.863. The van der Waals surface area contributed by atoms with Crippen LogP contribution in [0.15, 0.2) is 18.2 Å². The molecule has 0 radical (unpaired) electrons. The van der Waals surface area contributed by atoms with Crippen molar-refractivity contribution in [2.45, 2.75) is 25.3 Å². The van der Waals surface area contributed by atoms with Crippen molar-refractivity contribution in [2.24, 2.45) is 29.6 Å². The SMILES string of the molecule is CNC(c1ccc(Cl)c(Cl)c1)C1C2C3CCC(C3)C21. The molecule has 0 spiro atoms. The molecular weight excluding hydrogens is 277 g/mol. The lowest BCUT2D eigenvalue weighted by Gasteiger charge is -2.21. The van der Waals surface area contributed by atoms with Crippen LogP contribution < -0.4 is 5.32 Å². The van der Waals surface area contributed by atoms with E-state index in [1.807, 2.05) is 12.1 Å². The maximum atomic E-state index is 6.17. The molecule has 1 aromatic carbocycles. The standard InChI is InChI=1S/C16H19Cl2N/c1-19-16(10-4-5-11(17)12(18)7-10)15-13-8-2-3-9(6-8)14(13)15/h4-5,7-9,13-16,19H,2-3,6H2,1H3. The summed E-state index contributed by atoms with van der Waals surface area (Å²) in [5.41, 5.74) is 1.30. The van der Waals surface area contributed by atoms with Crippen LogP contribution in [-0.2, 0) is 0 Å². The van der Waals surface area contributed by atoms with Gasteiger partial charge >= 0.3 is 0 Å². The lowest BCUT2D eigenvalue weighted by atomic mass is 9.93. The number of hydrogen-bond donors (Lipinski definition) is 1. The van der Waals surface area contributed by atoms with Crippen molar-refractivity contribution < 1.29 is 0 Å². The monoisotopic (exact) mass is 295 g/mol. The second-order valence-electron chi connectivity index (χ2n) is 6.51. The Morgan fingerprint density at radius 2 is 1.79 bits per heavy atom. The van der Waals surface area contributed by atoms with Gasteiger partial charge in [-0.2, -0.15) is 0 Å². The molecule has 3 heteroatoms. The van der Waals surface area contributed by atoms with Gasteiger partial charge in [0.2, 0.25) is 0 Å². The first-order valence-electron chi connectivity index (χ1n) is 7.33. The largest absolute Gasteiger partial charge is 0.313 e. The zero-order chi connectivity index (χ0) is 13.1. The van der Waals surface area contributed by atoms with Gasteiger partial charge in [-0.15, -0.1) is 0 Å². The van der Waals surface area contributed by atoms with E-state index in [4.69, 9.17) is 23.2 Å². The molecule has 5 unspecified atom stereocenters. The zero-order valence-corrected chi connectivity index (χ0v) is 12.6. The van der Waals surface area contributed by atoms with Crippen LogP contribution in [-0.4, -0.2) is 7.05 Å². The average Bonchev–Trinajstić information content (AvgIpc) is 2.82. The molecule has 3 aliphatic carbocycles. The summed E-state index contributed by atoms with van der Waals surface area (Å²) in [6.45, 7) is 0. The third kappa shape index (κ3) is 1.78. The molecule has 4 rings (SSSR count). The number of halogens is 2. The van der Waals surface area contributed by atoms with Crippen LogP contribution in [0.5, 0.6) is 0 Å². The maximum absolute atomic E-state index is 6.17. The Morgan fingerprint density at radius 3 is 2.37 bits per heavy atom. The van der Waals surface area contributed by atoms with E-state index >= 15 is 0 Å². The van der Waals surface area contributed by atoms with E-state index in [9.17, 15) is 0 Å². The first-order chi connectivity index (χ1) is 9.20. The maximum Gasteiger partial charge on any atom is 0.0595 e. The van der Waals surface area contributed by atoms with Gasteiger partial charge in [0.15, 0.2) is 0 Å². The molecule has 19 heavy (non-hydrogen) atoms. The summed E-state index contributed by atoms with van der Waals surface area (Å²) in [5, 5.41) is 4.85. The van der Waals surface area contributed by atoms with Crippen LogP contribution in [0.25, 0.3) is 0 Å². The van der Waals surface area contributed by atoms with E-state index < -0.39 is 0 Å². The molecule has 3 saturated carbocycles. The van der Waals surface area contributed by atoms with Gasteiger partial charge in [-0.3, -0.25) is 0 Å². The third-order valence-electron chi connectivity index (χ3n) is 5.79. The van der Waals surface area contributed by atoms with Gasteiger partial charge in [0.05, 0.1) is 10.0 Å². The van der Waals surface area contributed by atoms with Crippen LogP contribution in [0, 0.1) is 29.6 Å². The minimum atomic E-state index is 0.452. The molecular formula is C16H19Cl2N. The normalized spacial score (nSPS) is 40.3. The van der Waals surface area contributed by atoms with Gasteiger partial charge < -0.3 is 5.32 Å². The average molecular weight is 296 g/mol. The van der Waals surface area contributed by atoms with Crippen LogP contribution in [0.4, 0.5) is 0 Å². The second kappa shape index (κ2) is 4.38. The van der Waals surface area contributed by atoms with Gasteiger partial charge in [0.1, 0.15) is 0 Å². The predicted octanol–water partition coefficient (Wildman–Crippen LogP) is 4.55. The smallest absolute Gasteiger partial charge is 0.0595 e. The molecule has 0 amide bonds. The highest BCUT2D eigenvalue weighted by Crippen LogP contribution is 2.72. The van der Waals surface area contributed by atoms with Crippen LogP contribution in [0.2, 0.25) is 10.0 Å². The minimum absolute atomic E-state index is 0.452. The van der Waals surface area contributed by atoms with Crippen molar-refractivity contribution in [2.75, 3.05) is 7.05 Å². The Balaban J connectivity index is 1.61. The number of nitrogens with one attached hydrogen (secondary N) is 1. The highest BCUT2D eigenvalue weighted by molar-refractivity contribution is 6.42. The molecule has 102 valence electrons. The number of rotatable bonds is 3. The molecule has 0 heterocycles. The fourth-order valence-corrected chi connectivity index (χ4v) is 5.43. The topological polar surface area (TPSA) is 12.0 Å². The predicted molar refractivity (Wildman–Crippen MR) is 79.6 cm³/mol. The Morgan fingerprint density at radius 1 is 1.11 bits per heavy atom. The molecule has 2 bridgehead atoms. The van der Waals surface area contributed by atoms with E-state index in [0.717, 1.165) is 29.6 Å². The molecule has 5 atom stereocenters. The molecule has 0 aliphatic heterocycles. The van der Waals surface area contributed by atoms with Gasteiger partial charge in [0.25, 0.3) is 0 Å². The van der Waals surface area contributed by atoms with Crippen molar-refractivity contribution in [3.05, 3.63) is 33.8 Å². The lowest BCUT2D eigenvalue weighted by molar-refractivity contribution is 0.385. The lowest BCUT2D eigenvalue weighted by Crippen LogP contribution is -2.21. The Hall–Kier alpha value is -0.240. The van der Waals surface area contributed by atoms with Crippen LogP contribution in [0.1, 0.15) is 30.9 Å². The second-order valence-corrected chi connectivity index (χ2v) is 7.32. The first-order valence-corrected chi connectivity index (χ1v) is 8.08. The van der Waals surface area contributed by atoms with E-state index in [0.29, 0.717) is 16.1 Å². The van der Waals surface area contributed by atoms with Crippen molar-refractivity contribution in [1.29, 1.82) is 0 Å². The Kier molecular flexibility index (Phi) is 2.88. The number of fused-ring (bicyclic) bond motifs is 5. The summed E-state index contributed by atoms with van der Waals surface area (Å²) < 4.78 is 0. The highest BCUT2D eigenvalue weighted by Gasteiger charge is 2.66. The molecule has 3 fully saturated rings. The molecule has 1 aromatic rings. The molecule has 0 aromatic heterocycles. The van der Waals surface area contributed by atoms with Gasteiger partial charge in [0, 0.05) is 6.04 Å². The van der Waals surface area contributed by atoms with E-state index in [1.54, 1.807) is 0 Å². The fourth-order valence-electron chi connectivity index (χ4n) is 5.13. The summed E-state index contributed by atoms with van der Waals surface area (Å²) in [6.07, 6.45) is 4.45. The van der Waals surface area contributed by atoms with Crippen molar-refractivity contribution >= 4 is 23.2 Å².